The van der Waals surface area contributed by atoms with Crippen LogP contribution in [-0.4, -0.2) is 64.1 Å². The SMILES string of the molecule is O=C(c1ccc[nH]1)N1CCOC2(CCCN(c3ncccn3)C2)C1. The van der Waals surface area contributed by atoms with Crippen LogP contribution in [0.25, 0.3) is 0 Å². The van der Waals surface area contributed by atoms with E-state index in [0.717, 1.165) is 25.3 Å². The standard InChI is InChI=1S/C17H21N5O2/c23-15(14-4-1-6-18-14)21-10-11-24-17(12-21)5-2-9-22(13-17)16-19-7-3-8-20-16/h1,3-4,6-8,18H,2,5,9-13H2. The summed E-state index contributed by atoms with van der Waals surface area (Å²) in [7, 11) is 0. The lowest BCUT2D eigenvalue weighted by Gasteiger charge is -2.47. The molecule has 0 aliphatic carbocycles. The molecule has 24 heavy (non-hydrogen) atoms. The van der Waals surface area contributed by atoms with Gasteiger partial charge in [0, 0.05) is 31.7 Å². The van der Waals surface area contributed by atoms with Gasteiger partial charge in [0.2, 0.25) is 5.95 Å². The van der Waals surface area contributed by atoms with Crippen LogP contribution in [0.2, 0.25) is 0 Å². The molecule has 2 fully saturated rings. The van der Waals surface area contributed by atoms with Crippen molar-refractivity contribution in [3.05, 3.63) is 42.5 Å². The van der Waals surface area contributed by atoms with Gasteiger partial charge >= 0.3 is 0 Å². The van der Waals surface area contributed by atoms with Crippen molar-refractivity contribution in [2.24, 2.45) is 0 Å². The minimum absolute atomic E-state index is 0.0377. The van der Waals surface area contributed by atoms with E-state index in [1.54, 1.807) is 18.6 Å². The van der Waals surface area contributed by atoms with Crippen molar-refractivity contribution in [1.82, 2.24) is 19.9 Å². The zero-order valence-electron chi connectivity index (χ0n) is 13.5. The first-order valence-corrected chi connectivity index (χ1v) is 8.34. The number of hydrogen-bond donors (Lipinski definition) is 1. The van der Waals surface area contributed by atoms with Gasteiger partial charge in [0.15, 0.2) is 0 Å². The van der Waals surface area contributed by atoms with Crippen molar-refractivity contribution in [2.45, 2.75) is 18.4 Å². The highest BCUT2D eigenvalue weighted by Gasteiger charge is 2.42. The van der Waals surface area contributed by atoms with Gasteiger partial charge < -0.3 is 19.5 Å². The first-order valence-electron chi connectivity index (χ1n) is 8.34. The predicted molar refractivity (Wildman–Crippen MR) is 88.9 cm³/mol. The molecule has 2 aromatic heterocycles. The van der Waals surface area contributed by atoms with Crippen molar-refractivity contribution in [3.63, 3.8) is 0 Å². The fourth-order valence-corrected chi connectivity index (χ4v) is 3.62. The summed E-state index contributed by atoms with van der Waals surface area (Å²) < 4.78 is 6.15. The molecule has 1 atom stereocenters. The van der Waals surface area contributed by atoms with E-state index in [1.807, 2.05) is 23.1 Å². The topological polar surface area (TPSA) is 74.3 Å². The molecule has 2 saturated heterocycles. The average Bonchev–Trinajstić information content (AvgIpc) is 3.17. The van der Waals surface area contributed by atoms with Crippen LogP contribution < -0.4 is 4.90 Å². The van der Waals surface area contributed by atoms with E-state index in [0.29, 0.717) is 31.9 Å². The third kappa shape index (κ3) is 2.87. The molecular formula is C17H21N5O2. The Labute approximate surface area is 140 Å². The van der Waals surface area contributed by atoms with E-state index in [2.05, 4.69) is 19.9 Å². The molecule has 0 saturated carbocycles. The maximum atomic E-state index is 12.6. The Morgan fingerprint density at radius 3 is 2.88 bits per heavy atom. The summed E-state index contributed by atoms with van der Waals surface area (Å²) in [5.41, 5.74) is 0.295. The summed E-state index contributed by atoms with van der Waals surface area (Å²) in [6, 6.07) is 5.48. The van der Waals surface area contributed by atoms with Crippen LogP contribution in [0.3, 0.4) is 0 Å². The zero-order chi connectivity index (χ0) is 16.4. The molecule has 126 valence electrons. The highest BCUT2D eigenvalue weighted by atomic mass is 16.5. The third-order valence-corrected chi connectivity index (χ3v) is 4.74. The molecule has 1 unspecified atom stereocenters. The summed E-state index contributed by atoms with van der Waals surface area (Å²) in [6.45, 7) is 3.43. The summed E-state index contributed by atoms with van der Waals surface area (Å²) >= 11 is 0. The van der Waals surface area contributed by atoms with Crippen LogP contribution in [0.5, 0.6) is 0 Å². The van der Waals surface area contributed by atoms with Crippen LogP contribution >= 0.6 is 0 Å². The number of anilines is 1. The van der Waals surface area contributed by atoms with E-state index >= 15 is 0 Å². The molecule has 4 rings (SSSR count). The molecule has 0 bridgehead atoms. The lowest BCUT2D eigenvalue weighted by atomic mass is 9.90. The lowest BCUT2D eigenvalue weighted by Crippen LogP contribution is -2.61. The first-order chi connectivity index (χ1) is 11.8. The maximum Gasteiger partial charge on any atom is 0.270 e. The lowest BCUT2D eigenvalue weighted by molar-refractivity contribution is -0.105. The number of rotatable bonds is 2. The van der Waals surface area contributed by atoms with Crippen LogP contribution in [0, 0.1) is 0 Å². The number of nitrogens with one attached hydrogen (secondary N) is 1. The van der Waals surface area contributed by atoms with Crippen LogP contribution in [0.4, 0.5) is 5.95 Å². The highest BCUT2D eigenvalue weighted by molar-refractivity contribution is 5.92. The fraction of sp³-hybridized carbons (Fsp3) is 0.471. The van der Waals surface area contributed by atoms with Crippen molar-refractivity contribution in [3.8, 4) is 0 Å². The smallest absolute Gasteiger partial charge is 0.270 e. The molecule has 2 aromatic rings. The quantitative estimate of drug-likeness (QED) is 0.900. The number of aromatic nitrogens is 3. The molecule has 4 heterocycles. The van der Waals surface area contributed by atoms with E-state index in [9.17, 15) is 4.79 Å². The number of morpholine rings is 1. The van der Waals surface area contributed by atoms with Crippen molar-refractivity contribution in [2.75, 3.05) is 37.7 Å². The second kappa shape index (κ2) is 6.24. The van der Waals surface area contributed by atoms with Gasteiger partial charge in [-0.1, -0.05) is 0 Å². The van der Waals surface area contributed by atoms with E-state index in [1.165, 1.54) is 0 Å². The van der Waals surface area contributed by atoms with E-state index in [-0.39, 0.29) is 11.5 Å². The fourth-order valence-electron chi connectivity index (χ4n) is 3.62. The Kier molecular flexibility index (Phi) is 3.93. The molecule has 1 spiro atoms. The Morgan fingerprint density at radius 1 is 1.21 bits per heavy atom. The number of amides is 1. The van der Waals surface area contributed by atoms with Gasteiger partial charge in [-0.3, -0.25) is 4.79 Å². The number of carbonyl (C=O) groups excluding carboxylic acids is 1. The normalized spacial score (nSPS) is 24.3. The van der Waals surface area contributed by atoms with Crippen LogP contribution in [-0.2, 0) is 4.74 Å². The van der Waals surface area contributed by atoms with Crippen molar-refractivity contribution in [1.29, 1.82) is 0 Å². The predicted octanol–water partition coefficient (Wildman–Crippen LogP) is 1.32. The minimum atomic E-state index is -0.335. The van der Waals surface area contributed by atoms with Gasteiger partial charge in [-0.05, 0) is 31.0 Å². The summed E-state index contributed by atoms with van der Waals surface area (Å²) in [4.78, 5) is 28.4. The Morgan fingerprint density at radius 2 is 2.08 bits per heavy atom. The maximum absolute atomic E-state index is 12.6. The second-order valence-corrected chi connectivity index (χ2v) is 6.42. The minimum Gasteiger partial charge on any atom is -0.369 e. The number of H-pyrrole nitrogens is 1. The van der Waals surface area contributed by atoms with Gasteiger partial charge in [-0.15, -0.1) is 0 Å². The third-order valence-electron chi connectivity index (χ3n) is 4.74. The molecule has 1 amide bonds. The molecule has 0 radical (unpaired) electrons. The summed E-state index contributed by atoms with van der Waals surface area (Å²) in [5.74, 6) is 0.767. The molecule has 7 heteroatoms. The van der Waals surface area contributed by atoms with E-state index < -0.39 is 0 Å². The van der Waals surface area contributed by atoms with Gasteiger partial charge in [-0.25, -0.2) is 9.97 Å². The number of carbonyl (C=O) groups is 1. The van der Waals surface area contributed by atoms with Gasteiger partial charge in [0.05, 0.1) is 19.7 Å². The Balaban J connectivity index is 1.50. The van der Waals surface area contributed by atoms with Gasteiger partial charge in [0.25, 0.3) is 5.91 Å². The molecular weight excluding hydrogens is 306 g/mol. The van der Waals surface area contributed by atoms with Crippen LogP contribution in [0.1, 0.15) is 23.3 Å². The van der Waals surface area contributed by atoms with Crippen LogP contribution in [0.15, 0.2) is 36.8 Å². The Bertz CT molecular complexity index is 686. The average molecular weight is 327 g/mol. The highest BCUT2D eigenvalue weighted by Crippen LogP contribution is 2.30. The molecule has 7 nitrogen and oxygen atoms in total. The summed E-state index contributed by atoms with van der Waals surface area (Å²) in [6.07, 6.45) is 7.24. The van der Waals surface area contributed by atoms with Crippen molar-refractivity contribution < 1.29 is 9.53 Å². The first kappa shape index (κ1) is 15.1. The summed E-state index contributed by atoms with van der Waals surface area (Å²) in [5, 5.41) is 0. The number of piperidine rings is 1. The molecule has 2 aliphatic rings. The zero-order valence-corrected chi connectivity index (χ0v) is 13.5. The number of hydrogen-bond acceptors (Lipinski definition) is 5. The number of aromatic amines is 1. The largest absolute Gasteiger partial charge is 0.369 e. The van der Waals surface area contributed by atoms with Gasteiger partial charge in [-0.2, -0.15) is 0 Å². The second-order valence-electron chi connectivity index (χ2n) is 6.42. The monoisotopic (exact) mass is 327 g/mol. The number of ether oxygens (including phenoxy) is 1. The van der Waals surface area contributed by atoms with Crippen molar-refractivity contribution >= 4 is 11.9 Å². The Hall–Kier alpha value is -2.41. The van der Waals surface area contributed by atoms with Gasteiger partial charge in [0.1, 0.15) is 11.3 Å². The molecule has 2 aliphatic heterocycles. The molecule has 0 aromatic carbocycles. The molecule has 1 N–H and O–H groups in total. The number of nitrogens with zero attached hydrogens (tertiary/aromatic N) is 4. The van der Waals surface area contributed by atoms with E-state index in [4.69, 9.17) is 4.74 Å².